The van der Waals surface area contributed by atoms with Crippen molar-refractivity contribution in [1.29, 1.82) is 0 Å². The molecule has 0 radical (unpaired) electrons. The summed E-state index contributed by atoms with van der Waals surface area (Å²) in [5, 5.41) is -0.470. The van der Waals surface area contributed by atoms with Crippen molar-refractivity contribution in [3.05, 3.63) is 0 Å². The van der Waals surface area contributed by atoms with E-state index in [4.69, 9.17) is 23.2 Å². The van der Waals surface area contributed by atoms with E-state index in [0.29, 0.717) is 12.3 Å². The molecule has 4 heteroatoms. The number of alkyl halides is 1. The zero-order chi connectivity index (χ0) is 7.98. The molecular formula is C6H8Cl2O2. The average molecular weight is 183 g/mol. The number of carbonyl (C=O) groups is 2. The summed E-state index contributed by atoms with van der Waals surface area (Å²) in [6.07, 6.45) is 0.665. The Bertz CT molecular complexity index is 134. The summed E-state index contributed by atoms with van der Waals surface area (Å²) in [6.45, 7) is 0. The van der Waals surface area contributed by atoms with Crippen LogP contribution in [0, 0.1) is 0 Å². The number of ketones is 1. The molecule has 0 heterocycles. The minimum absolute atomic E-state index is 0.0102. The molecule has 0 aromatic carbocycles. The SMILES string of the molecule is O=C(Cl)CCC(=O)CCCl. The molecule has 0 bridgehead atoms. The molecule has 2 nitrogen and oxygen atoms in total. The fourth-order valence-corrected chi connectivity index (χ4v) is 0.773. The van der Waals surface area contributed by atoms with Gasteiger partial charge in [-0.05, 0) is 11.6 Å². The number of halogens is 2. The van der Waals surface area contributed by atoms with Gasteiger partial charge in [0, 0.05) is 25.1 Å². The molecule has 0 aromatic heterocycles. The van der Waals surface area contributed by atoms with E-state index in [1.165, 1.54) is 0 Å². The molecule has 0 saturated heterocycles. The van der Waals surface area contributed by atoms with Crippen LogP contribution in [0.2, 0.25) is 0 Å². The summed E-state index contributed by atoms with van der Waals surface area (Å²) in [5.41, 5.74) is 0. The normalized spacial score (nSPS) is 9.40. The molecule has 0 rings (SSSR count). The van der Waals surface area contributed by atoms with E-state index in [-0.39, 0.29) is 18.6 Å². The summed E-state index contributed by atoms with van der Waals surface area (Å²) >= 11 is 10.3. The van der Waals surface area contributed by atoms with Crippen LogP contribution in [-0.2, 0) is 9.59 Å². The third kappa shape index (κ3) is 6.05. The van der Waals surface area contributed by atoms with E-state index in [0.717, 1.165) is 0 Å². The molecule has 0 fully saturated rings. The van der Waals surface area contributed by atoms with E-state index in [1.807, 2.05) is 0 Å². The van der Waals surface area contributed by atoms with Crippen LogP contribution in [0.4, 0.5) is 0 Å². The van der Waals surface area contributed by atoms with E-state index in [9.17, 15) is 9.59 Å². The molecular weight excluding hydrogens is 175 g/mol. The number of hydrogen-bond donors (Lipinski definition) is 0. The first kappa shape index (κ1) is 9.92. The molecule has 0 amide bonds. The first-order valence-electron chi connectivity index (χ1n) is 2.93. The highest BCUT2D eigenvalue weighted by molar-refractivity contribution is 6.63. The highest BCUT2D eigenvalue weighted by atomic mass is 35.5. The lowest BCUT2D eigenvalue weighted by molar-refractivity contribution is -0.121. The van der Waals surface area contributed by atoms with Crippen LogP contribution in [0.3, 0.4) is 0 Å². The fourth-order valence-electron chi connectivity index (χ4n) is 0.468. The van der Waals surface area contributed by atoms with Crippen LogP contribution >= 0.6 is 23.2 Å². The molecule has 0 spiro atoms. The van der Waals surface area contributed by atoms with Crippen LogP contribution < -0.4 is 0 Å². The van der Waals surface area contributed by atoms with Crippen molar-refractivity contribution < 1.29 is 9.59 Å². The quantitative estimate of drug-likeness (QED) is 0.480. The molecule has 0 aliphatic rings. The van der Waals surface area contributed by atoms with Crippen LogP contribution in [-0.4, -0.2) is 16.9 Å². The van der Waals surface area contributed by atoms with Gasteiger partial charge >= 0.3 is 0 Å². The summed E-state index contributed by atoms with van der Waals surface area (Å²) in [6, 6.07) is 0. The third-order valence-corrected chi connectivity index (χ3v) is 1.35. The predicted molar refractivity (Wildman–Crippen MR) is 40.4 cm³/mol. The molecule has 0 aliphatic carbocycles. The highest BCUT2D eigenvalue weighted by Crippen LogP contribution is 1.99. The lowest BCUT2D eigenvalue weighted by Crippen LogP contribution is -2.00. The molecule has 0 atom stereocenters. The zero-order valence-corrected chi connectivity index (χ0v) is 6.91. The number of hydrogen-bond acceptors (Lipinski definition) is 2. The number of Topliss-reactive ketones (excluding diaryl/α,β-unsaturated/α-hetero) is 1. The van der Waals surface area contributed by atoms with E-state index < -0.39 is 5.24 Å². The fraction of sp³-hybridized carbons (Fsp3) is 0.667. The first-order chi connectivity index (χ1) is 4.66. The summed E-state index contributed by atoms with van der Waals surface area (Å²) in [4.78, 5) is 20.8. The van der Waals surface area contributed by atoms with E-state index >= 15 is 0 Å². The smallest absolute Gasteiger partial charge is 0.222 e. The van der Waals surface area contributed by atoms with Gasteiger partial charge < -0.3 is 0 Å². The van der Waals surface area contributed by atoms with Gasteiger partial charge in [-0.25, -0.2) is 0 Å². The van der Waals surface area contributed by atoms with Crippen molar-refractivity contribution in [2.24, 2.45) is 0 Å². The van der Waals surface area contributed by atoms with Crippen LogP contribution in [0.5, 0.6) is 0 Å². The van der Waals surface area contributed by atoms with Crippen molar-refractivity contribution in [2.75, 3.05) is 5.88 Å². The van der Waals surface area contributed by atoms with Crippen molar-refractivity contribution in [2.45, 2.75) is 19.3 Å². The Balaban J connectivity index is 3.30. The van der Waals surface area contributed by atoms with Crippen LogP contribution in [0.1, 0.15) is 19.3 Å². The first-order valence-corrected chi connectivity index (χ1v) is 3.84. The van der Waals surface area contributed by atoms with Gasteiger partial charge in [0.2, 0.25) is 5.24 Å². The molecule has 0 unspecified atom stereocenters. The number of carbonyl (C=O) groups excluding carboxylic acids is 2. The Hall–Kier alpha value is -0.0800. The summed E-state index contributed by atoms with van der Waals surface area (Å²) in [5.74, 6) is 0.305. The van der Waals surface area contributed by atoms with E-state index in [1.54, 1.807) is 0 Å². The molecule has 0 N–H and O–H groups in total. The highest BCUT2D eigenvalue weighted by Gasteiger charge is 2.03. The minimum atomic E-state index is -0.470. The molecule has 10 heavy (non-hydrogen) atoms. The number of rotatable bonds is 5. The molecule has 0 aliphatic heterocycles. The maximum absolute atomic E-state index is 10.7. The standard InChI is InChI=1S/C6H8Cl2O2/c7-4-3-5(9)1-2-6(8)10/h1-4H2. The Morgan fingerprint density at radius 1 is 1.10 bits per heavy atom. The minimum Gasteiger partial charge on any atom is -0.300 e. The predicted octanol–water partition coefficient (Wildman–Crippen LogP) is 1.73. The van der Waals surface area contributed by atoms with Crippen LogP contribution in [0.15, 0.2) is 0 Å². The lowest BCUT2D eigenvalue weighted by Gasteiger charge is -1.92. The van der Waals surface area contributed by atoms with Crippen molar-refractivity contribution in [3.8, 4) is 0 Å². The second-order valence-electron chi connectivity index (χ2n) is 1.83. The van der Waals surface area contributed by atoms with Gasteiger partial charge in [-0.2, -0.15) is 0 Å². The average Bonchev–Trinajstić information content (AvgIpc) is 1.85. The molecule has 0 saturated carbocycles. The zero-order valence-electron chi connectivity index (χ0n) is 5.40. The Morgan fingerprint density at radius 3 is 2.10 bits per heavy atom. The van der Waals surface area contributed by atoms with Crippen molar-refractivity contribution in [1.82, 2.24) is 0 Å². The summed E-state index contributed by atoms with van der Waals surface area (Å²) in [7, 11) is 0. The second kappa shape index (κ2) is 5.69. The largest absolute Gasteiger partial charge is 0.300 e. The maximum atomic E-state index is 10.7. The van der Waals surface area contributed by atoms with Gasteiger partial charge in [-0.1, -0.05) is 0 Å². The topological polar surface area (TPSA) is 34.1 Å². The van der Waals surface area contributed by atoms with Gasteiger partial charge in [0.1, 0.15) is 5.78 Å². The monoisotopic (exact) mass is 182 g/mol. The Kier molecular flexibility index (Phi) is 5.64. The molecule has 58 valence electrons. The lowest BCUT2D eigenvalue weighted by atomic mass is 10.2. The maximum Gasteiger partial charge on any atom is 0.222 e. The second-order valence-corrected chi connectivity index (χ2v) is 2.63. The van der Waals surface area contributed by atoms with Crippen molar-refractivity contribution >= 4 is 34.2 Å². The van der Waals surface area contributed by atoms with Gasteiger partial charge in [0.05, 0.1) is 0 Å². The third-order valence-electron chi connectivity index (χ3n) is 0.974. The van der Waals surface area contributed by atoms with Crippen molar-refractivity contribution in [3.63, 3.8) is 0 Å². The van der Waals surface area contributed by atoms with Gasteiger partial charge in [0.15, 0.2) is 0 Å². The van der Waals surface area contributed by atoms with Crippen LogP contribution in [0.25, 0.3) is 0 Å². The molecule has 0 aromatic rings. The Labute approximate surface area is 69.5 Å². The van der Waals surface area contributed by atoms with Gasteiger partial charge in [-0.3, -0.25) is 9.59 Å². The summed E-state index contributed by atoms with van der Waals surface area (Å²) < 4.78 is 0. The van der Waals surface area contributed by atoms with Gasteiger partial charge in [0.25, 0.3) is 0 Å². The van der Waals surface area contributed by atoms with E-state index in [2.05, 4.69) is 0 Å². The van der Waals surface area contributed by atoms with Gasteiger partial charge in [-0.15, -0.1) is 11.6 Å². The Morgan fingerprint density at radius 2 is 1.70 bits per heavy atom.